The van der Waals surface area contributed by atoms with Gasteiger partial charge in [-0.05, 0) is 35.4 Å². The average molecular weight is 290 g/mol. The van der Waals surface area contributed by atoms with E-state index < -0.39 is 0 Å². The quantitative estimate of drug-likeness (QED) is 0.905. The molecule has 2 rings (SSSR count). The highest BCUT2D eigenvalue weighted by atomic mass is 16.5. The molecular formula is C18H30N2O. The van der Waals surface area contributed by atoms with Gasteiger partial charge in [0.25, 0.3) is 0 Å². The van der Waals surface area contributed by atoms with Crippen molar-refractivity contribution in [3.63, 3.8) is 0 Å². The van der Waals surface area contributed by atoms with Crippen LogP contribution in [-0.4, -0.2) is 31.6 Å². The number of ether oxygens (including phenoxy) is 1. The topological polar surface area (TPSA) is 38.5 Å². The van der Waals surface area contributed by atoms with Gasteiger partial charge in [0, 0.05) is 26.2 Å². The summed E-state index contributed by atoms with van der Waals surface area (Å²) in [5.41, 5.74) is 8.99. The van der Waals surface area contributed by atoms with Crippen LogP contribution in [0.25, 0.3) is 0 Å². The van der Waals surface area contributed by atoms with Crippen LogP contribution in [0.5, 0.6) is 0 Å². The number of rotatable bonds is 5. The van der Waals surface area contributed by atoms with Gasteiger partial charge >= 0.3 is 0 Å². The van der Waals surface area contributed by atoms with Gasteiger partial charge in [-0.2, -0.15) is 0 Å². The highest BCUT2D eigenvalue weighted by Gasteiger charge is 2.34. The molecule has 0 aliphatic carbocycles. The second kappa shape index (κ2) is 6.91. The van der Waals surface area contributed by atoms with Gasteiger partial charge in [0.15, 0.2) is 0 Å². The van der Waals surface area contributed by atoms with Crippen LogP contribution < -0.4 is 5.73 Å². The van der Waals surface area contributed by atoms with Crippen molar-refractivity contribution in [3.8, 4) is 0 Å². The molecule has 3 nitrogen and oxygen atoms in total. The van der Waals surface area contributed by atoms with Gasteiger partial charge in [-0.3, -0.25) is 4.90 Å². The second-order valence-electron chi connectivity index (χ2n) is 7.27. The summed E-state index contributed by atoms with van der Waals surface area (Å²) in [6, 6.07) is 9.05. The van der Waals surface area contributed by atoms with E-state index in [0.717, 1.165) is 19.0 Å². The summed E-state index contributed by atoms with van der Waals surface area (Å²) in [5.74, 6) is 0.763. The molecule has 0 saturated carbocycles. The van der Waals surface area contributed by atoms with Crippen molar-refractivity contribution in [3.05, 3.63) is 35.4 Å². The molecule has 1 aromatic rings. The molecule has 1 saturated heterocycles. The first-order valence-corrected chi connectivity index (χ1v) is 7.97. The van der Waals surface area contributed by atoms with Crippen LogP contribution >= 0.6 is 0 Å². The number of hydrogen-bond donors (Lipinski definition) is 1. The molecule has 2 N–H and O–H groups in total. The standard InChI is InChI=1S/C18H30N2O/c1-18(2,3)16-9-10-20(12-16)17(11-19)15-7-5-14(6-8-15)13-21-4/h5-8,16-17H,9-13,19H2,1-4H3. The van der Waals surface area contributed by atoms with Gasteiger partial charge in [0.1, 0.15) is 0 Å². The van der Waals surface area contributed by atoms with Gasteiger partial charge in [0.2, 0.25) is 0 Å². The number of benzene rings is 1. The molecule has 118 valence electrons. The Hall–Kier alpha value is -0.900. The predicted molar refractivity (Wildman–Crippen MR) is 88.1 cm³/mol. The second-order valence-corrected chi connectivity index (χ2v) is 7.27. The molecule has 3 heteroatoms. The molecule has 2 atom stereocenters. The van der Waals surface area contributed by atoms with Crippen LogP contribution in [0.4, 0.5) is 0 Å². The monoisotopic (exact) mass is 290 g/mol. The Kier molecular flexibility index (Phi) is 5.42. The zero-order valence-electron chi connectivity index (χ0n) is 13.9. The van der Waals surface area contributed by atoms with Crippen molar-refractivity contribution in [2.45, 2.75) is 39.8 Å². The summed E-state index contributed by atoms with van der Waals surface area (Å²) < 4.78 is 5.17. The zero-order chi connectivity index (χ0) is 15.5. The fourth-order valence-corrected chi connectivity index (χ4v) is 3.28. The van der Waals surface area contributed by atoms with Crippen molar-refractivity contribution in [1.82, 2.24) is 4.90 Å². The number of methoxy groups -OCH3 is 1. The Morgan fingerprint density at radius 1 is 1.29 bits per heavy atom. The van der Waals surface area contributed by atoms with E-state index in [9.17, 15) is 0 Å². The van der Waals surface area contributed by atoms with Gasteiger partial charge in [-0.15, -0.1) is 0 Å². The summed E-state index contributed by atoms with van der Waals surface area (Å²) in [6.45, 7) is 10.7. The summed E-state index contributed by atoms with van der Waals surface area (Å²) in [5, 5.41) is 0. The van der Waals surface area contributed by atoms with Crippen molar-refractivity contribution >= 4 is 0 Å². The van der Waals surface area contributed by atoms with Crippen LogP contribution in [0, 0.1) is 11.3 Å². The largest absolute Gasteiger partial charge is 0.380 e. The molecule has 0 aromatic heterocycles. The average Bonchev–Trinajstić information content (AvgIpc) is 2.91. The van der Waals surface area contributed by atoms with Crippen molar-refractivity contribution < 1.29 is 4.74 Å². The lowest BCUT2D eigenvalue weighted by atomic mass is 9.80. The molecule has 0 amide bonds. The van der Waals surface area contributed by atoms with Crippen LogP contribution in [-0.2, 0) is 11.3 Å². The Morgan fingerprint density at radius 2 is 1.95 bits per heavy atom. The summed E-state index contributed by atoms with van der Waals surface area (Å²) in [4.78, 5) is 2.56. The molecule has 0 bridgehead atoms. The summed E-state index contributed by atoms with van der Waals surface area (Å²) in [7, 11) is 1.73. The zero-order valence-corrected chi connectivity index (χ0v) is 13.9. The molecule has 1 aliphatic rings. The van der Waals surface area contributed by atoms with Crippen molar-refractivity contribution in [2.75, 3.05) is 26.7 Å². The van der Waals surface area contributed by atoms with E-state index in [2.05, 4.69) is 49.9 Å². The van der Waals surface area contributed by atoms with Crippen molar-refractivity contribution in [2.24, 2.45) is 17.1 Å². The highest BCUT2D eigenvalue weighted by Crippen LogP contribution is 2.36. The third-order valence-electron chi connectivity index (χ3n) is 4.78. The van der Waals surface area contributed by atoms with Gasteiger partial charge in [-0.25, -0.2) is 0 Å². The highest BCUT2D eigenvalue weighted by molar-refractivity contribution is 5.25. The first-order valence-electron chi connectivity index (χ1n) is 7.97. The number of nitrogens with two attached hydrogens (primary N) is 1. The molecule has 2 unspecified atom stereocenters. The summed E-state index contributed by atoms with van der Waals surface area (Å²) in [6.07, 6.45) is 1.28. The lowest BCUT2D eigenvalue weighted by Gasteiger charge is -2.30. The summed E-state index contributed by atoms with van der Waals surface area (Å²) >= 11 is 0. The van der Waals surface area contributed by atoms with E-state index in [0.29, 0.717) is 24.6 Å². The fraction of sp³-hybridized carbons (Fsp3) is 0.667. The number of hydrogen-bond acceptors (Lipinski definition) is 3. The lowest BCUT2D eigenvalue weighted by molar-refractivity contribution is 0.184. The minimum absolute atomic E-state index is 0.342. The Balaban J connectivity index is 2.06. The van der Waals surface area contributed by atoms with Crippen molar-refractivity contribution in [1.29, 1.82) is 0 Å². The van der Waals surface area contributed by atoms with E-state index in [1.165, 1.54) is 17.5 Å². The smallest absolute Gasteiger partial charge is 0.0713 e. The van der Waals surface area contributed by atoms with Gasteiger partial charge < -0.3 is 10.5 Å². The third-order valence-corrected chi connectivity index (χ3v) is 4.78. The number of likely N-dealkylation sites (tertiary alicyclic amines) is 1. The maximum absolute atomic E-state index is 6.07. The first-order chi connectivity index (χ1) is 9.95. The van der Waals surface area contributed by atoms with E-state index >= 15 is 0 Å². The fourth-order valence-electron chi connectivity index (χ4n) is 3.28. The van der Waals surface area contributed by atoms with E-state index in [1.807, 2.05) is 0 Å². The SMILES string of the molecule is COCc1ccc(C(CN)N2CCC(C(C)(C)C)C2)cc1. The molecule has 21 heavy (non-hydrogen) atoms. The molecule has 0 radical (unpaired) electrons. The maximum atomic E-state index is 6.07. The minimum atomic E-state index is 0.342. The normalized spacial score (nSPS) is 21.7. The Labute approximate surface area is 129 Å². The maximum Gasteiger partial charge on any atom is 0.0713 e. The molecule has 1 aromatic carbocycles. The van der Waals surface area contributed by atoms with E-state index in [-0.39, 0.29) is 0 Å². The molecule has 1 fully saturated rings. The first kappa shape index (κ1) is 16.5. The minimum Gasteiger partial charge on any atom is -0.380 e. The third kappa shape index (κ3) is 4.06. The van der Waals surface area contributed by atoms with Crippen LogP contribution in [0.15, 0.2) is 24.3 Å². The number of nitrogens with zero attached hydrogens (tertiary/aromatic N) is 1. The Morgan fingerprint density at radius 3 is 2.43 bits per heavy atom. The van der Waals surface area contributed by atoms with Crippen LogP contribution in [0.2, 0.25) is 0 Å². The van der Waals surface area contributed by atoms with Crippen LogP contribution in [0.1, 0.15) is 44.4 Å². The molecule has 1 heterocycles. The molecule has 0 spiro atoms. The van der Waals surface area contributed by atoms with E-state index in [4.69, 9.17) is 10.5 Å². The molecular weight excluding hydrogens is 260 g/mol. The van der Waals surface area contributed by atoms with Gasteiger partial charge in [-0.1, -0.05) is 45.0 Å². The van der Waals surface area contributed by atoms with Gasteiger partial charge in [0.05, 0.1) is 6.61 Å². The van der Waals surface area contributed by atoms with E-state index in [1.54, 1.807) is 7.11 Å². The Bertz CT molecular complexity index is 436. The van der Waals surface area contributed by atoms with Crippen LogP contribution in [0.3, 0.4) is 0 Å². The predicted octanol–water partition coefficient (Wildman–Crippen LogP) is 3.20. The lowest BCUT2D eigenvalue weighted by Crippen LogP contribution is -2.33. The molecule has 1 aliphatic heterocycles.